The summed E-state index contributed by atoms with van der Waals surface area (Å²) in [4.78, 5) is 0. The van der Waals surface area contributed by atoms with Gasteiger partial charge in [0.25, 0.3) is 0 Å². The minimum atomic E-state index is 0.0810. The SMILES string of the molecule is CC1=CCC(C)(NC2(C)C=CC(C)=CC2)C=C1. The van der Waals surface area contributed by atoms with Gasteiger partial charge in [0.05, 0.1) is 0 Å². The number of hydrogen-bond donors (Lipinski definition) is 1. The molecule has 1 N–H and O–H groups in total. The molecule has 2 aliphatic carbocycles. The van der Waals surface area contributed by atoms with Crippen molar-refractivity contribution in [1.29, 1.82) is 0 Å². The third-order valence-corrected chi connectivity index (χ3v) is 3.70. The minimum absolute atomic E-state index is 0.0810. The average Bonchev–Trinajstić information content (AvgIpc) is 2.28. The summed E-state index contributed by atoms with van der Waals surface area (Å²) in [5.41, 5.74) is 2.89. The lowest BCUT2D eigenvalue weighted by Crippen LogP contribution is -2.53. The molecule has 2 rings (SSSR count). The second-order valence-corrected chi connectivity index (χ2v) is 5.93. The van der Waals surface area contributed by atoms with E-state index in [4.69, 9.17) is 0 Å². The van der Waals surface area contributed by atoms with Gasteiger partial charge in [-0.05, 0) is 40.5 Å². The molecule has 17 heavy (non-hydrogen) atoms. The fraction of sp³-hybridized carbons (Fsp3) is 0.500. The molecule has 0 aromatic rings. The van der Waals surface area contributed by atoms with Crippen LogP contribution in [0.2, 0.25) is 0 Å². The molecule has 1 heteroatoms. The maximum absolute atomic E-state index is 3.79. The van der Waals surface area contributed by atoms with E-state index in [-0.39, 0.29) is 11.1 Å². The third kappa shape index (κ3) is 2.98. The number of hydrogen-bond acceptors (Lipinski definition) is 1. The van der Waals surface area contributed by atoms with Gasteiger partial charge < -0.3 is 0 Å². The predicted molar refractivity (Wildman–Crippen MR) is 75.0 cm³/mol. The van der Waals surface area contributed by atoms with Gasteiger partial charge in [-0.2, -0.15) is 0 Å². The van der Waals surface area contributed by atoms with Crippen LogP contribution in [-0.4, -0.2) is 11.1 Å². The minimum Gasteiger partial charge on any atom is -0.299 e. The molecule has 0 amide bonds. The Morgan fingerprint density at radius 3 is 1.59 bits per heavy atom. The van der Waals surface area contributed by atoms with E-state index in [9.17, 15) is 0 Å². The zero-order chi connectivity index (χ0) is 12.5. The molecular weight excluding hydrogens is 206 g/mol. The fourth-order valence-electron chi connectivity index (χ4n) is 2.49. The van der Waals surface area contributed by atoms with Crippen LogP contribution in [0.15, 0.2) is 47.6 Å². The summed E-state index contributed by atoms with van der Waals surface area (Å²) in [6.07, 6.45) is 15.8. The van der Waals surface area contributed by atoms with Crippen molar-refractivity contribution in [2.24, 2.45) is 0 Å². The van der Waals surface area contributed by atoms with E-state index in [2.05, 4.69) is 69.5 Å². The van der Waals surface area contributed by atoms with E-state index in [0.29, 0.717) is 0 Å². The summed E-state index contributed by atoms with van der Waals surface area (Å²) in [6, 6.07) is 0. The van der Waals surface area contributed by atoms with Gasteiger partial charge in [-0.15, -0.1) is 0 Å². The van der Waals surface area contributed by atoms with Crippen molar-refractivity contribution >= 4 is 0 Å². The van der Waals surface area contributed by atoms with Gasteiger partial charge in [0, 0.05) is 11.1 Å². The van der Waals surface area contributed by atoms with E-state index in [1.54, 1.807) is 0 Å². The van der Waals surface area contributed by atoms with Crippen molar-refractivity contribution < 1.29 is 0 Å². The van der Waals surface area contributed by atoms with Crippen LogP contribution in [0.1, 0.15) is 40.5 Å². The smallest absolute Gasteiger partial charge is 0.0381 e. The molecule has 2 unspecified atom stereocenters. The monoisotopic (exact) mass is 229 g/mol. The van der Waals surface area contributed by atoms with Crippen molar-refractivity contribution in [1.82, 2.24) is 5.32 Å². The lowest BCUT2D eigenvalue weighted by atomic mass is 9.84. The standard InChI is InChI=1S/C16H23N/c1-13-5-9-15(3,10-6-13)17-16(4)11-7-14(2)8-12-16/h5-9,11,17H,10,12H2,1-4H3. The molecule has 0 bridgehead atoms. The second kappa shape index (κ2) is 4.30. The lowest BCUT2D eigenvalue weighted by Gasteiger charge is -2.40. The molecule has 2 aliphatic rings. The molecule has 1 nitrogen and oxygen atoms in total. The maximum Gasteiger partial charge on any atom is 0.0381 e. The van der Waals surface area contributed by atoms with Crippen LogP contribution >= 0.6 is 0 Å². The normalized spacial score (nSPS) is 36.7. The molecule has 0 saturated carbocycles. The van der Waals surface area contributed by atoms with Crippen molar-refractivity contribution in [3.8, 4) is 0 Å². The molecular formula is C16H23N. The molecule has 0 fully saturated rings. The van der Waals surface area contributed by atoms with Crippen LogP contribution in [0.25, 0.3) is 0 Å². The molecule has 2 atom stereocenters. The first-order valence-electron chi connectivity index (χ1n) is 6.42. The quantitative estimate of drug-likeness (QED) is 0.757. The lowest BCUT2D eigenvalue weighted by molar-refractivity contribution is 0.319. The molecule has 0 heterocycles. The molecule has 92 valence electrons. The summed E-state index contributed by atoms with van der Waals surface area (Å²) in [6.45, 7) is 8.86. The Morgan fingerprint density at radius 1 is 0.882 bits per heavy atom. The highest BCUT2D eigenvalue weighted by Crippen LogP contribution is 2.28. The van der Waals surface area contributed by atoms with Crippen molar-refractivity contribution in [3.05, 3.63) is 47.6 Å². The van der Waals surface area contributed by atoms with Gasteiger partial charge in [0.1, 0.15) is 0 Å². The zero-order valence-corrected chi connectivity index (χ0v) is 11.4. The summed E-state index contributed by atoms with van der Waals surface area (Å²) in [5.74, 6) is 0. The van der Waals surface area contributed by atoms with Crippen LogP contribution in [0.3, 0.4) is 0 Å². The van der Waals surface area contributed by atoms with Crippen LogP contribution in [0.4, 0.5) is 0 Å². The van der Waals surface area contributed by atoms with E-state index in [1.165, 1.54) is 11.1 Å². The van der Waals surface area contributed by atoms with Gasteiger partial charge in [-0.3, -0.25) is 5.32 Å². The number of allylic oxidation sites excluding steroid dienone is 4. The van der Waals surface area contributed by atoms with Crippen LogP contribution in [0, 0.1) is 0 Å². The van der Waals surface area contributed by atoms with Gasteiger partial charge in [0.2, 0.25) is 0 Å². The van der Waals surface area contributed by atoms with E-state index in [1.807, 2.05) is 0 Å². The molecule has 0 spiro atoms. The molecule has 0 saturated heterocycles. The first-order valence-corrected chi connectivity index (χ1v) is 6.42. The Morgan fingerprint density at radius 2 is 1.29 bits per heavy atom. The summed E-state index contributed by atoms with van der Waals surface area (Å²) in [5, 5.41) is 3.79. The first kappa shape index (κ1) is 12.4. The summed E-state index contributed by atoms with van der Waals surface area (Å²) in [7, 11) is 0. The highest BCUT2D eigenvalue weighted by molar-refractivity contribution is 5.31. The third-order valence-electron chi connectivity index (χ3n) is 3.70. The predicted octanol–water partition coefficient (Wildman–Crippen LogP) is 3.91. The Kier molecular flexibility index (Phi) is 3.13. The van der Waals surface area contributed by atoms with Crippen LogP contribution in [0.5, 0.6) is 0 Å². The average molecular weight is 229 g/mol. The highest BCUT2D eigenvalue weighted by Gasteiger charge is 2.31. The van der Waals surface area contributed by atoms with Crippen LogP contribution in [-0.2, 0) is 0 Å². The van der Waals surface area contributed by atoms with Gasteiger partial charge in [0.15, 0.2) is 0 Å². The summed E-state index contributed by atoms with van der Waals surface area (Å²) < 4.78 is 0. The Balaban J connectivity index is 2.07. The first-order chi connectivity index (χ1) is 7.91. The Labute approximate surface area is 105 Å². The number of rotatable bonds is 2. The van der Waals surface area contributed by atoms with E-state index >= 15 is 0 Å². The van der Waals surface area contributed by atoms with E-state index in [0.717, 1.165) is 12.8 Å². The molecule has 0 aliphatic heterocycles. The highest BCUT2D eigenvalue weighted by atomic mass is 15.0. The largest absolute Gasteiger partial charge is 0.299 e. The molecule has 0 aromatic heterocycles. The van der Waals surface area contributed by atoms with Crippen molar-refractivity contribution in [3.63, 3.8) is 0 Å². The van der Waals surface area contributed by atoms with Gasteiger partial charge >= 0.3 is 0 Å². The van der Waals surface area contributed by atoms with Crippen molar-refractivity contribution in [2.45, 2.75) is 51.6 Å². The van der Waals surface area contributed by atoms with Gasteiger partial charge in [-0.1, -0.05) is 47.6 Å². The summed E-state index contributed by atoms with van der Waals surface area (Å²) >= 11 is 0. The zero-order valence-electron chi connectivity index (χ0n) is 11.4. The maximum atomic E-state index is 3.79. The number of nitrogens with one attached hydrogen (secondary N) is 1. The van der Waals surface area contributed by atoms with Gasteiger partial charge in [-0.25, -0.2) is 0 Å². The Hall–Kier alpha value is -1.08. The molecule has 0 aromatic carbocycles. The Bertz CT molecular complexity index is 385. The fourth-order valence-corrected chi connectivity index (χ4v) is 2.49. The topological polar surface area (TPSA) is 12.0 Å². The van der Waals surface area contributed by atoms with Crippen LogP contribution < -0.4 is 5.32 Å². The van der Waals surface area contributed by atoms with Crippen molar-refractivity contribution in [2.75, 3.05) is 0 Å². The molecule has 0 radical (unpaired) electrons. The van der Waals surface area contributed by atoms with E-state index < -0.39 is 0 Å². The second-order valence-electron chi connectivity index (χ2n) is 5.93.